The molecule has 0 atom stereocenters. The number of furan rings is 1. The van der Waals surface area contributed by atoms with E-state index in [4.69, 9.17) is 14.4 Å². The van der Waals surface area contributed by atoms with Gasteiger partial charge in [0.05, 0.1) is 11.4 Å². The van der Waals surface area contributed by atoms with E-state index in [9.17, 15) is 0 Å². The van der Waals surface area contributed by atoms with Gasteiger partial charge in [-0.25, -0.2) is 9.97 Å². The number of fused-ring (bicyclic) bond motifs is 3. The Bertz CT molecular complexity index is 1580. The molecule has 0 unspecified atom stereocenters. The summed E-state index contributed by atoms with van der Waals surface area (Å²) in [7, 11) is 0. The molecule has 0 saturated heterocycles. The number of benzene rings is 4. The fourth-order valence-corrected chi connectivity index (χ4v) is 4.31. The summed E-state index contributed by atoms with van der Waals surface area (Å²) in [5, 5.41) is 2.25. The summed E-state index contributed by atoms with van der Waals surface area (Å²) >= 11 is 0. The molecule has 6 aromatic rings. The maximum atomic E-state index is 6.09. The van der Waals surface area contributed by atoms with Gasteiger partial charge in [-0.1, -0.05) is 78.9 Å². The average molecular weight is 412 g/mol. The van der Waals surface area contributed by atoms with Gasteiger partial charge in [-0.3, -0.25) is 0 Å². The molecule has 2 heterocycles. The van der Waals surface area contributed by atoms with E-state index in [1.807, 2.05) is 31.2 Å². The molecule has 0 fully saturated rings. The van der Waals surface area contributed by atoms with Gasteiger partial charge in [0.15, 0.2) is 0 Å². The molecule has 4 aromatic carbocycles. The van der Waals surface area contributed by atoms with E-state index in [0.717, 1.165) is 55.8 Å². The van der Waals surface area contributed by atoms with Crippen molar-refractivity contribution in [2.24, 2.45) is 0 Å². The Morgan fingerprint density at radius 2 is 1.22 bits per heavy atom. The molecule has 3 heteroatoms. The Hall–Kier alpha value is -4.24. The van der Waals surface area contributed by atoms with Crippen LogP contribution in [-0.4, -0.2) is 9.97 Å². The van der Waals surface area contributed by atoms with Crippen molar-refractivity contribution < 1.29 is 4.42 Å². The standard InChI is InChI=1S/C29H20N2O/c1-19-30-26(21-15-16-25-24-13-7-8-14-28(24)32-29(25)17-21)18-27(31-19)23-12-6-5-11-22(23)20-9-3-2-4-10-20/h2-18H,1H3. The Morgan fingerprint density at radius 1 is 0.531 bits per heavy atom. The van der Waals surface area contributed by atoms with Crippen LogP contribution in [0.2, 0.25) is 0 Å². The summed E-state index contributed by atoms with van der Waals surface area (Å²) in [6.45, 7) is 1.94. The highest BCUT2D eigenvalue weighted by Crippen LogP contribution is 2.35. The number of aryl methyl sites for hydroxylation is 1. The van der Waals surface area contributed by atoms with Gasteiger partial charge >= 0.3 is 0 Å². The van der Waals surface area contributed by atoms with Crippen LogP contribution in [0.4, 0.5) is 0 Å². The van der Waals surface area contributed by atoms with Crippen molar-refractivity contribution in [3.05, 3.63) is 109 Å². The Kier molecular flexibility index (Phi) is 4.32. The number of aromatic nitrogens is 2. The van der Waals surface area contributed by atoms with Crippen LogP contribution in [0.25, 0.3) is 55.6 Å². The van der Waals surface area contributed by atoms with Crippen LogP contribution >= 0.6 is 0 Å². The Labute approximate surface area is 186 Å². The van der Waals surface area contributed by atoms with Crippen molar-refractivity contribution in [3.8, 4) is 33.6 Å². The summed E-state index contributed by atoms with van der Waals surface area (Å²) in [5.41, 5.74) is 8.00. The quantitative estimate of drug-likeness (QED) is 0.299. The molecular formula is C29H20N2O. The molecule has 0 saturated carbocycles. The largest absolute Gasteiger partial charge is 0.456 e. The van der Waals surface area contributed by atoms with Crippen molar-refractivity contribution in [1.29, 1.82) is 0 Å². The number of rotatable bonds is 3. The Balaban J connectivity index is 1.50. The van der Waals surface area contributed by atoms with E-state index in [-0.39, 0.29) is 0 Å². The second kappa shape index (κ2) is 7.47. The van der Waals surface area contributed by atoms with Gasteiger partial charge in [-0.2, -0.15) is 0 Å². The van der Waals surface area contributed by atoms with Crippen LogP contribution in [0.1, 0.15) is 5.82 Å². The van der Waals surface area contributed by atoms with Gasteiger partial charge in [0.1, 0.15) is 17.0 Å². The van der Waals surface area contributed by atoms with Gasteiger partial charge < -0.3 is 4.42 Å². The lowest BCUT2D eigenvalue weighted by molar-refractivity contribution is 0.669. The highest BCUT2D eigenvalue weighted by Gasteiger charge is 2.13. The molecule has 6 rings (SSSR count). The monoisotopic (exact) mass is 412 g/mol. The summed E-state index contributed by atoms with van der Waals surface area (Å²) < 4.78 is 6.09. The molecule has 152 valence electrons. The lowest BCUT2D eigenvalue weighted by Crippen LogP contribution is -1.96. The molecule has 0 spiro atoms. The number of para-hydroxylation sites is 1. The third-order valence-corrected chi connectivity index (χ3v) is 5.80. The summed E-state index contributed by atoms with van der Waals surface area (Å²) in [6.07, 6.45) is 0. The van der Waals surface area contributed by atoms with E-state index < -0.39 is 0 Å². The summed E-state index contributed by atoms with van der Waals surface area (Å²) in [6, 6.07) is 35.3. The molecule has 0 aliphatic rings. The van der Waals surface area contributed by atoms with E-state index in [2.05, 4.69) is 78.9 Å². The molecule has 0 bridgehead atoms. The summed E-state index contributed by atoms with van der Waals surface area (Å²) in [4.78, 5) is 9.52. The van der Waals surface area contributed by atoms with E-state index in [1.165, 1.54) is 5.56 Å². The molecule has 32 heavy (non-hydrogen) atoms. The van der Waals surface area contributed by atoms with Crippen LogP contribution in [0, 0.1) is 6.92 Å². The van der Waals surface area contributed by atoms with E-state index in [1.54, 1.807) is 0 Å². The smallest absolute Gasteiger partial charge is 0.136 e. The number of nitrogens with zero attached hydrogens (tertiary/aromatic N) is 2. The predicted molar refractivity (Wildman–Crippen MR) is 130 cm³/mol. The molecule has 3 nitrogen and oxygen atoms in total. The van der Waals surface area contributed by atoms with E-state index in [0.29, 0.717) is 0 Å². The normalized spacial score (nSPS) is 11.3. The third-order valence-electron chi connectivity index (χ3n) is 5.80. The fourth-order valence-electron chi connectivity index (χ4n) is 4.31. The van der Waals surface area contributed by atoms with Crippen molar-refractivity contribution >= 4 is 21.9 Å². The maximum absolute atomic E-state index is 6.09. The van der Waals surface area contributed by atoms with Gasteiger partial charge in [-0.05, 0) is 42.3 Å². The maximum Gasteiger partial charge on any atom is 0.136 e. The second-order valence-electron chi connectivity index (χ2n) is 7.91. The van der Waals surface area contributed by atoms with Crippen LogP contribution in [0.15, 0.2) is 108 Å². The van der Waals surface area contributed by atoms with Crippen LogP contribution in [0.3, 0.4) is 0 Å². The van der Waals surface area contributed by atoms with Gasteiger partial charge in [-0.15, -0.1) is 0 Å². The van der Waals surface area contributed by atoms with Crippen molar-refractivity contribution in [3.63, 3.8) is 0 Å². The molecule has 2 aromatic heterocycles. The van der Waals surface area contributed by atoms with Gasteiger partial charge in [0, 0.05) is 21.9 Å². The molecule has 0 amide bonds. The van der Waals surface area contributed by atoms with Crippen molar-refractivity contribution in [2.45, 2.75) is 6.92 Å². The lowest BCUT2D eigenvalue weighted by Gasteiger charge is -2.11. The van der Waals surface area contributed by atoms with Crippen LogP contribution in [-0.2, 0) is 0 Å². The first-order valence-electron chi connectivity index (χ1n) is 10.7. The highest BCUT2D eigenvalue weighted by molar-refractivity contribution is 6.05. The topological polar surface area (TPSA) is 38.9 Å². The first-order valence-corrected chi connectivity index (χ1v) is 10.7. The molecular weight excluding hydrogens is 392 g/mol. The minimum absolute atomic E-state index is 0.741. The zero-order chi connectivity index (χ0) is 21.5. The molecule has 0 radical (unpaired) electrons. The highest BCUT2D eigenvalue weighted by atomic mass is 16.3. The second-order valence-corrected chi connectivity index (χ2v) is 7.91. The first kappa shape index (κ1) is 18.5. The Morgan fingerprint density at radius 3 is 2.09 bits per heavy atom. The fraction of sp³-hybridized carbons (Fsp3) is 0.0345. The first-order chi connectivity index (χ1) is 15.8. The van der Waals surface area contributed by atoms with Gasteiger partial charge in [0.2, 0.25) is 0 Å². The predicted octanol–water partition coefficient (Wildman–Crippen LogP) is 7.69. The number of hydrogen-bond acceptors (Lipinski definition) is 3. The third kappa shape index (κ3) is 3.15. The van der Waals surface area contributed by atoms with E-state index >= 15 is 0 Å². The van der Waals surface area contributed by atoms with Crippen molar-refractivity contribution in [2.75, 3.05) is 0 Å². The minimum atomic E-state index is 0.741. The minimum Gasteiger partial charge on any atom is -0.456 e. The molecule has 0 aliphatic heterocycles. The lowest BCUT2D eigenvalue weighted by atomic mass is 9.96. The van der Waals surface area contributed by atoms with Crippen LogP contribution < -0.4 is 0 Å². The summed E-state index contributed by atoms with van der Waals surface area (Å²) in [5.74, 6) is 0.741. The molecule has 0 aliphatic carbocycles. The van der Waals surface area contributed by atoms with Gasteiger partial charge in [0.25, 0.3) is 0 Å². The van der Waals surface area contributed by atoms with Crippen LogP contribution in [0.5, 0.6) is 0 Å². The average Bonchev–Trinajstić information content (AvgIpc) is 3.22. The SMILES string of the molecule is Cc1nc(-c2ccc3c(c2)oc2ccccc23)cc(-c2ccccc2-c2ccccc2)n1. The zero-order valence-electron chi connectivity index (χ0n) is 17.6. The number of hydrogen-bond donors (Lipinski definition) is 0. The zero-order valence-corrected chi connectivity index (χ0v) is 17.6. The molecule has 0 N–H and O–H groups in total. The van der Waals surface area contributed by atoms with Crippen molar-refractivity contribution in [1.82, 2.24) is 9.97 Å².